The molecule has 2 unspecified atom stereocenters. The minimum Gasteiger partial charge on any atom is -0.756 e. The normalized spacial score (nSPS) is 14.2. The summed E-state index contributed by atoms with van der Waals surface area (Å²) >= 11 is 0. The van der Waals surface area contributed by atoms with Gasteiger partial charge in [0.15, 0.2) is 0 Å². The lowest BCUT2D eigenvalue weighted by molar-refractivity contribution is -0.870. The average Bonchev–Trinajstić information content (AvgIpc) is 3.11. The number of unbranched alkanes of at least 4 members (excludes halogenated alkanes) is 20. The van der Waals surface area contributed by atoms with E-state index in [4.69, 9.17) is 18.5 Å². The Hall–Kier alpha value is -1.28. The van der Waals surface area contributed by atoms with Gasteiger partial charge in [0, 0.05) is 13.0 Å². The summed E-state index contributed by atoms with van der Waals surface area (Å²) in [7, 11) is 1.34. The standard InChI is InChI=1S/C44H84NO7P/c1-6-8-10-12-14-16-18-20-22-23-24-25-27-29-31-33-35-37-44(46)52-43(42-51-53(47,48)50-40-38-45(3,4)5)41-49-39-36-34-32-30-28-26-21-19-17-15-13-11-9-7-2/h9,11,15,17,21,26,43H,6-8,10,12-14,16,18-20,22-25,27-42H2,1-5H3/b11-9-,17-15-,26-21-. The Kier molecular flexibility index (Phi) is 36.7. The minimum atomic E-state index is -4.53. The summed E-state index contributed by atoms with van der Waals surface area (Å²) in [6.45, 7) is 5.26. The lowest BCUT2D eigenvalue weighted by Crippen LogP contribution is -2.37. The van der Waals surface area contributed by atoms with E-state index in [1.165, 1.54) is 89.9 Å². The van der Waals surface area contributed by atoms with Crippen LogP contribution in [0.25, 0.3) is 0 Å². The molecule has 312 valence electrons. The molecule has 0 aromatic heterocycles. The fraction of sp³-hybridized carbons (Fsp3) is 0.841. The summed E-state index contributed by atoms with van der Waals surface area (Å²) in [6.07, 6.45) is 43.0. The number of rotatable bonds is 40. The largest absolute Gasteiger partial charge is 0.756 e. The molecule has 0 aromatic carbocycles. The SMILES string of the molecule is CC/C=C\C/C=C\C/C=C\CCCCCCOCC(COP(=O)([O-])OCC[N+](C)(C)C)OC(=O)CCCCCCCCCCCCCCCCCCC. The van der Waals surface area contributed by atoms with E-state index in [1.807, 2.05) is 21.1 Å². The third-order valence-corrected chi connectivity index (χ3v) is 10.2. The summed E-state index contributed by atoms with van der Waals surface area (Å²) in [4.78, 5) is 25.0. The number of carbonyl (C=O) groups is 1. The monoisotopic (exact) mass is 770 g/mol. The van der Waals surface area contributed by atoms with Crippen molar-refractivity contribution in [1.29, 1.82) is 0 Å². The molecule has 0 radical (unpaired) electrons. The molecular weight excluding hydrogens is 685 g/mol. The highest BCUT2D eigenvalue weighted by Crippen LogP contribution is 2.38. The molecule has 0 aliphatic rings. The van der Waals surface area contributed by atoms with Crippen LogP contribution in [-0.4, -0.2) is 70.7 Å². The molecule has 0 rings (SSSR count). The average molecular weight is 770 g/mol. The van der Waals surface area contributed by atoms with Crippen LogP contribution in [0.5, 0.6) is 0 Å². The van der Waals surface area contributed by atoms with Crippen LogP contribution < -0.4 is 4.89 Å². The number of nitrogens with zero attached hydrogens (tertiary/aromatic N) is 1. The topological polar surface area (TPSA) is 94.1 Å². The fourth-order valence-electron chi connectivity index (χ4n) is 5.85. The van der Waals surface area contributed by atoms with E-state index in [0.717, 1.165) is 70.6 Å². The second kappa shape index (κ2) is 37.6. The first kappa shape index (κ1) is 51.7. The van der Waals surface area contributed by atoms with Crippen LogP contribution in [0.1, 0.15) is 181 Å². The van der Waals surface area contributed by atoms with E-state index >= 15 is 0 Å². The summed E-state index contributed by atoms with van der Waals surface area (Å²) in [5.74, 6) is -0.341. The first-order valence-electron chi connectivity index (χ1n) is 21.7. The number of allylic oxidation sites excluding steroid dienone is 6. The number of ether oxygens (including phenoxy) is 2. The van der Waals surface area contributed by atoms with Gasteiger partial charge in [0.05, 0.1) is 34.4 Å². The van der Waals surface area contributed by atoms with Gasteiger partial charge in [-0.25, -0.2) is 0 Å². The Balaban J connectivity index is 4.24. The Morgan fingerprint density at radius 3 is 1.64 bits per heavy atom. The number of quaternary nitrogens is 1. The molecule has 0 aliphatic heterocycles. The van der Waals surface area contributed by atoms with Crippen molar-refractivity contribution in [2.45, 2.75) is 187 Å². The van der Waals surface area contributed by atoms with Gasteiger partial charge in [-0.2, -0.15) is 0 Å². The van der Waals surface area contributed by atoms with E-state index in [2.05, 4.69) is 50.3 Å². The van der Waals surface area contributed by atoms with Crippen molar-refractivity contribution in [1.82, 2.24) is 0 Å². The van der Waals surface area contributed by atoms with Gasteiger partial charge in [-0.1, -0.05) is 166 Å². The molecule has 0 saturated carbocycles. The molecule has 0 bridgehead atoms. The Morgan fingerprint density at radius 1 is 0.604 bits per heavy atom. The van der Waals surface area contributed by atoms with Crippen LogP contribution in [-0.2, 0) is 27.9 Å². The van der Waals surface area contributed by atoms with Gasteiger partial charge in [0.2, 0.25) is 0 Å². The van der Waals surface area contributed by atoms with E-state index < -0.39 is 13.9 Å². The zero-order valence-corrected chi connectivity index (χ0v) is 36.1. The molecule has 0 N–H and O–H groups in total. The van der Waals surface area contributed by atoms with E-state index in [9.17, 15) is 14.3 Å². The minimum absolute atomic E-state index is 0.0221. The molecule has 0 heterocycles. The van der Waals surface area contributed by atoms with Gasteiger partial charge >= 0.3 is 5.97 Å². The maximum Gasteiger partial charge on any atom is 0.306 e. The second-order valence-electron chi connectivity index (χ2n) is 15.7. The Bertz CT molecular complexity index is 947. The lowest BCUT2D eigenvalue weighted by Gasteiger charge is -2.28. The quantitative estimate of drug-likeness (QED) is 0.0201. The zero-order chi connectivity index (χ0) is 39.1. The number of hydrogen-bond acceptors (Lipinski definition) is 7. The molecule has 9 heteroatoms. The van der Waals surface area contributed by atoms with Gasteiger partial charge in [-0.05, 0) is 44.9 Å². The molecule has 0 saturated heterocycles. The summed E-state index contributed by atoms with van der Waals surface area (Å²) < 4.78 is 34.5. The molecular formula is C44H84NO7P. The van der Waals surface area contributed by atoms with Crippen LogP contribution in [0.2, 0.25) is 0 Å². The summed E-state index contributed by atoms with van der Waals surface area (Å²) in [6, 6.07) is 0. The predicted molar refractivity (Wildman–Crippen MR) is 222 cm³/mol. The molecule has 53 heavy (non-hydrogen) atoms. The number of esters is 1. The van der Waals surface area contributed by atoms with Gasteiger partial charge in [0.1, 0.15) is 19.3 Å². The Labute approximate surface area is 327 Å². The van der Waals surface area contributed by atoms with Crippen molar-refractivity contribution >= 4 is 13.8 Å². The second-order valence-corrected chi connectivity index (χ2v) is 17.1. The van der Waals surface area contributed by atoms with Crippen molar-refractivity contribution in [3.05, 3.63) is 36.5 Å². The van der Waals surface area contributed by atoms with Crippen LogP contribution in [0.4, 0.5) is 0 Å². The molecule has 0 amide bonds. The van der Waals surface area contributed by atoms with Gasteiger partial charge in [-0.3, -0.25) is 9.36 Å². The van der Waals surface area contributed by atoms with E-state index in [0.29, 0.717) is 24.1 Å². The molecule has 0 fully saturated rings. The molecule has 0 spiro atoms. The highest BCUT2D eigenvalue weighted by atomic mass is 31.2. The Morgan fingerprint density at radius 2 is 1.09 bits per heavy atom. The van der Waals surface area contributed by atoms with Gasteiger partial charge in [-0.15, -0.1) is 0 Å². The van der Waals surface area contributed by atoms with E-state index in [-0.39, 0.29) is 25.8 Å². The summed E-state index contributed by atoms with van der Waals surface area (Å²) in [5.41, 5.74) is 0. The maximum absolute atomic E-state index is 12.7. The molecule has 2 atom stereocenters. The molecule has 8 nitrogen and oxygen atoms in total. The highest BCUT2D eigenvalue weighted by molar-refractivity contribution is 7.45. The van der Waals surface area contributed by atoms with Crippen LogP contribution in [0.15, 0.2) is 36.5 Å². The zero-order valence-electron chi connectivity index (χ0n) is 35.2. The third kappa shape index (κ3) is 41.7. The molecule has 0 aromatic rings. The number of phosphoric ester groups is 1. The smallest absolute Gasteiger partial charge is 0.306 e. The fourth-order valence-corrected chi connectivity index (χ4v) is 6.58. The van der Waals surface area contributed by atoms with Crippen molar-refractivity contribution in [3.8, 4) is 0 Å². The lowest BCUT2D eigenvalue weighted by atomic mass is 10.0. The van der Waals surface area contributed by atoms with Gasteiger partial charge < -0.3 is 27.9 Å². The van der Waals surface area contributed by atoms with Gasteiger partial charge in [0.25, 0.3) is 7.82 Å². The van der Waals surface area contributed by atoms with Crippen molar-refractivity contribution < 1.29 is 37.3 Å². The van der Waals surface area contributed by atoms with Crippen LogP contribution in [0, 0.1) is 0 Å². The van der Waals surface area contributed by atoms with E-state index in [1.54, 1.807) is 0 Å². The van der Waals surface area contributed by atoms with Crippen molar-refractivity contribution in [3.63, 3.8) is 0 Å². The first-order valence-corrected chi connectivity index (χ1v) is 23.2. The number of phosphoric acid groups is 1. The number of likely N-dealkylation sites (N-methyl/N-ethyl adjacent to an activating group) is 1. The first-order chi connectivity index (χ1) is 25.6. The predicted octanol–water partition coefficient (Wildman–Crippen LogP) is 12.0. The number of carbonyl (C=O) groups excluding carboxylic acids is 1. The van der Waals surface area contributed by atoms with Crippen LogP contribution in [0.3, 0.4) is 0 Å². The van der Waals surface area contributed by atoms with Crippen LogP contribution >= 0.6 is 7.82 Å². The number of hydrogen-bond donors (Lipinski definition) is 0. The maximum atomic E-state index is 12.7. The summed E-state index contributed by atoms with van der Waals surface area (Å²) in [5, 5.41) is 0. The third-order valence-electron chi connectivity index (χ3n) is 9.21. The van der Waals surface area contributed by atoms with Crippen molar-refractivity contribution in [2.75, 3.05) is 54.1 Å². The highest BCUT2D eigenvalue weighted by Gasteiger charge is 2.20. The molecule has 0 aliphatic carbocycles. The van der Waals surface area contributed by atoms with Crippen molar-refractivity contribution in [2.24, 2.45) is 0 Å².